The third-order valence-electron chi connectivity index (χ3n) is 5.91. The number of ether oxygens (including phenoxy) is 1. The Hall–Kier alpha value is -0.983. The molecule has 138 valence electrons. The highest BCUT2D eigenvalue weighted by Crippen LogP contribution is 2.51. The molecule has 25 heavy (non-hydrogen) atoms. The molecule has 2 fully saturated rings. The number of thioether (sulfide) groups is 1. The van der Waals surface area contributed by atoms with Gasteiger partial charge in [-0.15, -0.1) is 11.8 Å². The zero-order valence-electron chi connectivity index (χ0n) is 16.2. The number of amides is 2. The molecule has 0 N–H and O–H groups in total. The second-order valence-corrected chi connectivity index (χ2v) is 14.6. The summed E-state index contributed by atoms with van der Waals surface area (Å²) >= 11 is 1.85. The van der Waals surface area contributed by atoms with Gasteiger partial charge in [-0.3, -0.25) is 0 Å². The van der Waals surface area contributed by atoms with E-state index in [9.17, 15) is 4.79 Å². The fourth-order valence-electron chi connectivity index (χ4n) is 3.54. The van der Waals surface area contributed by atoms with E-state index in [1.807, 2.05) is 24.8 Å². The number of fused-ring (bicyclic) bond motifs is 1. The number of carbonyl (C=O) groups excluding carboxylic acids is 1. The predicted molar refractivity (Wildman–Crippen MR) is 107 cm³/mol. The van der Waals surface area contributed by atoms with Crippen molar-refractivity contribution in [1.82, 2.24) is 9.47 Å². The van der Waals surface area contributed by atoms with Gasteiger partial charge in [-0.1, -0.05) is 64.2 Å². The zero-order valence-corrected chi connectivity index (χ0v) is 18.0. The molecule has 2 aliphatic rings. The quantitative estimate of drug-likeness (QED) is 0.698. The summed E-state index contributed by atoms with van der Waals surface area (Å²) in [6, 6.07) is 10.7. The molecular formula is C19H30N2O2SSi. The number of hydrogen-bond donors (Lipinski definition) is 0. The maximum Gasteiger partial charge on any atom is 0.315 e. The first-order chi connectivity index (χ1) is 11.7. The summed E-state index contributed by atoms with van der Waals surface area (Å²) in [6.45, 7) is 14.0. The van der Waals surface area contributed by atoms with Crippen LogP contribution in [0, 0.1) is 0 Å². The number of nitrogens with zero attached hydrogens (tertiary/aromatic N) is 2. The summed E-state index contributed by atoms with van der Waals surface area (Å²) in [5.41, 5.74) is 1.20. The van der Waals surface area contributed by atoms with Crippen LogP contribution < -0.4 is 0 Å². The lowest BCUT2D eigenvalue weighted by Gasteiger charge is -2.46. The van der Waals surface area contributed by atoms with E-state index in [4.69, 9.17) is 4.74 Å². The summed E-state index contributed by atoms with van der Waals surface area (Å²) in [6.07, 6.45) is -0.125. The van der Waals surface area contributed by atoms with Crippen LogP contribution in [0.15, 0.2) is 30.3 Å². The van der Waals surface area contributed by atoms with Crippen LogP contribution in [0.5, 0.6) is 0 Å². The van der Waals surface area contributed by atoms with Crippen LogP contribution in [0.1, 0.15) is 38.6 Å². The van der Waals surface area contributed by atoms with Gasteiger partial charge in [0.15, 0.2) is 8.24 Å². The van der Waals surface area contributed by atoms with Crippen LogP contribution in [0.3, 0.4) is 0 Å². The maximum atomic E-state index is 13.5. The number of rotatable bonds is 4. The Kier molecular flexibility index (Phi) is 4.99. The van der Waals surface area contributed by atoms with Crippen molar-refractivity contribution in [2.75, 3.05) is 12.4 Å². The molecule has 0 radical (unpaired) electrons. The first-order valence-corrected chi connectivity index (χ1v) is 13.1. The minimum absolute atomic E-state index is 0.0904. The van der Waals surface area contributed by atoms with Gasteiger partial charge in [0.25, 0.3) is 0 Å². The van der Waals surface area contributed by atoms with Gasteiger partial charge in [0.1, 0.15) is 11.6 Å². The lowest BCUT2D eigenvalue weighted by molar-refractivity contribution is -0.00492. The van der Waals surface area contributed by atoms with Crippen molar-refractivity contribution in [3.05, 3.63) is 35.9 Å². The summed E-state index contributed by atoms with van der Waals surface area (Å²) < 4.78 is 8.29. The SMILES string of the molecule is CCOC1[C@@H]2CSC(c3ccccc3)N2C(=O)N1[Si](C)(C)C(C)(C)C. The molecule has 0 aliphatic carbocycles. The molecule has 1 aromatic carbocycles. The highest BCUT2D eigenvalue weighted by molar-refractivity contribution is 7.99. The Bertz CT molecular complexity index is 632. The molecule has 2 unspecified atom stereocenters. The van der Waals surface area contributed by atoms with E-state index in [-0.39, 0.29) is 28.7 Å². The van der Waals surface area contributed by atoms with Crippen LogP contribution in [0.25, 0.3) is 0 Å². The van der Waals surface area contributed by atoms with Gasteiger partial charge in [0, 0.05) is 12.4 Å². The number of carbonyl (C=O) groups is 1. The largest absolute Gasteiger partial charge is 0.357 e. The number of benzene rings is 1. The third kappa shape index (κ3) is 3.02. The Morgan fingerprint density at radius 1 is 1.24 bits per heavy atom. The zero-order chi connectivity index (χ0) is 18.4. The van der Waals surface area contributed by atoms with Crippen LogP contribution in [0.4, 0.5) is 4.79 Å². The Balaban J connectivity index is 1.98. The first kappa shape index (κ1) is 18.8. The van der Waals surface area contributed by atoms with Gasteiger partial charge in [0.05, 0.1) is 6.04 Å². The lowest BCUT2D eigenvalue weighted by Crippen LogP contribution is -2.60. The summed E-state index contributed by atoms with van der Waals surface area (Å²) in [5, 5.41) is 0.184. The molecule has 3 atom stereocenters. The average molecular weight is 379 g/mol. The molecule has 2 heterocycles. The van der Waals surface area contributed by atoms with Gasteiger partial charge in [-0.25, -0.2) is 4.79 Å². The molecule has 2 amide bonds. The molecule has 0 spiro atoms. The number of hydrogen-bond acceptors (Lipinski definition) is 3. The van der Waals surface area contributed by atoms with Gasteiger partial charge in [-0.2, -0.15) is 0 Å². The standard InChI is InChI=1S/C19H30N2O2SSi/c1-7-23-16-15-13-24-17(14-11-9-8-10-12-14)20(15)18(22)21(16)25(5,6)19(2,3)4/h8-12,15-17H,7,13H2,1-6H3/t15-,16?,17?/m0/s1. The summed E-state index contributed by atoms with van der Waals surface area (Å²) in [7, 11) is -2.02. The minimum Gasteiger partial charge on any atom is -0.357 e. The van der Waals surface area contributed by atoms with E-state index in [0.29, 0.717) is 6.61 Å². The molecule has 2 saturated heterocycles. The van der Waals surface area contributed by atoms with Gasteiger partial charge < -0.3 is 14.2 Å². The molecule has 3 rings (SSSR count). The van der Waals surface area contributed by atoms with E-state index in [1.165, 1.54) is 5.56 Å². The van der Waals surface area contributed by atoms with Crippen molar-refractivity contribution < 1.29 is 9.53 Å². The van der Waals surface area contributed by atoms with Crippen molar-refractivity contribution in [3.63, 3.8) is 0 Å². The van der Waals surface area contributed by atoms with Crippen LogP contribution in [-0.2, 0) is 4.74 Å². The summed E-state index contributed by atoms with van der Waals surface area (Å²) in [5.74, 6) is 0.932. The molecule has 0 bridgehead atoms. The monoisotopic (exact) mass is 378 g/mol. The maximum absolute atomic E-state index is 13.5. The Labute approximate surface area is 157 Å². The first-order valence-electron chi connectivity index (χ1n) is 9.10. The second-order valence-electron chi connectivity index (χ2n) is 8.38. The topological polar surface area (TPSA) is 32.8 Å². The smallest absolute Gasteiger partial charge is 0.315 e. The van der Waals surface area contributed by atoms with Gasteiger partial charge in [-0.05, 0) is 17.5 Å². The molecule has 0 saturated carbocycles. The van der Waals surface area contributed by atoms with Crippen molar-refractivity contribution in [2.24, 2.45) is 0 Å². The van der Waals surface area contributed by atoms with E-state index >= 15 is 0 Å². The second kappa shape index (κ2) is 6.63. The van der Waals surface area contributed by atoms with Crippen LogP contribution in [0.2, 0.25) is 18.1 Å². The van der Waals surface area contributed by atoms with E-state index in [2.05, 4.69) is 67.6 Å². The van der Waals surface area contributed by atoms with E-state index in [1.54, 1.807) is 0 Å². The Morgan fingerprint density at radius 3 is 2.44 bits per heavy atom. The molecule has 0 aromatic heterocycles. The highest BCUT2D eigenvalue weighted by Gasteiger charge is 2.59. The van der Waals surface area contributed by atoms with Crippen LogP contribution in [-0.4, -0.2) is 48.4 Å². The fraction of sp³-hybridized carbons (Fsp3) is 0.632. The van der Waals surface area contributed by atoms with Crippen molar-refractivity contribution >= 4 is 26.0 Å². The molecule has 4 nitrogen and oxygen atoms in total. The van der Waals surface area contributed by atoms with Crippen molar-refractivity contribution in [1.29, 1.82) is 0 Å². The molecule has 6 heteroatoms. The normalized spacial score (nSPS) is 27.1. The number of urea groups is 1. The highest BCUT2D eigenvalue weighted by atomic mass is 32.2. The fourth-order valence-corrected chi connectivity index (χ4v) is 7.20. The van der Waals surface area contributed by atoms with Crippen molar-refractivity contribution in [3.8, 4) is 0 Å². The van der Waals surface area contributed by atoms with E-state index in [0.717, 1.165) is 5.75 Å². The van der Waals surface area contributed by atoms with Crippen molar-refractivity contribution in [2.45, 2.75) is 63.5 Å². The van der Waals surface area contributed by atoms with E-state index < -0.39 is 8.24 Å². The predicted octanol–water partition coefficient (Wildman–Crippen LogP) is 4.91. The molecular weight excluding hydrogens is 348 g/mol. The average Bonchev–Trinajstić information content (AvgIpc) is 3.08. The van der Waals surface area contributed by atoms with Gasteiger partial charge in [0.2, 0.25) is 0 Å². The molecule has 2 aliphatic heterocycles. The Morgan fingerprint density at radius 2 is 1.88 bits per heavy atom. The third-order valence-corrected chi connectivity index (χ3v) is 12.6. The minimum atomic E-state index is -2.02. The summed E-state index contributed by atoms with van der Waals surface area (Å²) in [4.78, 5) is 15.6. The van der Waals surface area contributed by atoms with Crippen LogP contribution >= 0.6 is 11.8 Å². The lowest BCUT2D eigenvalue weighted by atomic mass is 10.2. The van der Waals surface area contributed by atoms with Gasteiger partial charge >= 0.3 is 6.03 Å². The molecule has 1 aromatic rings.